The topological polar surface area (TPSA) is 92.0 Å². The summed E-state index contributed by atoms with van der Waals surface area (Å²) < 4.78 is 4.71. The third kappa shape index (κ3) is 3.28. The van der Waals surface area contributed by atoms with Crippen molar-refractivity contribution in [3.8, 4) is 0 Å². The van der Waals surface area contributed by atoms with Gasteiger partial charge in [0.15, 0.2) is 12.6 Å². The summed E-state index contributed by atoms with van der Waals surface area (Å²) in [6, 6.07) is 14.0. The highest BCUT2D eigenvalue weighted by Gasteiger charge is 2.20. The van der Waals surface area contributed by atoms with Crippen molar-refractivity contribution in [2.75, 3.05) is 7.11 Å². The molecular weight excluding hydrogens is 320 g/mol. The summed E-state index contributed by atoms with van der Waals surface area (Å²) in [6.07, 6.45) is 1.49. The number of hydrogen-bond acceptors (Lipinski definition) is 4. The van der Waals surface area contributed by atoms with Crippen LogP contribution in [0.2, 0.25) is 0 Å². The standard InChI is InChI=1S/C19H16N2O4/c1-25-19(24)13-4-2-12(3-5-13)18(16-8-6-14(10-22)20-16)17-9-7-15(11-23)21-17/h2-11,18,20-21H,1H3. The zero-order chi connectivity index (χ0) is 17.8. The van der Waals surface area contributed by atoms with Crippen LogP contribution < -0.4 is 0 Å². The summed E-state index contributed by atoms with van der Waals surface area (Å²) in [7, 11) is 1.33. The van der Waals surface area contributed by atoms with Gasteiger partial charge >= 0.3 is 5.97 Å². The maximum atomic E-state index is 11.6. The van der Waals surface area contributed by atoms with Gasteiger partial charge in [0.1, 0.15) is 0 Å². The summed E-state index contributed by atoms with van der Waals surface area (Å²) in [5.41, 5.74) is 3.87. The maximum Gasteiger partial charge on any atom is 0.337 e. The van der Waals surface area contributed by atoms with E-state index in [2.05, 4.69) is 9.97 Å². The van der Waals surface area contributed by atoms with Crippen LogP contribution in [0.25, 0.3) is 0 Å². The molecular formula is C19H16N2O4. The van der Waals surface area contributed by atoms with Gasteiger partial charge in [-0.15, -0.1) is 0 Å². The van der Waals surface area contributed by atoms with Crippen LogP contribution in [0.1, 0.15) is 54.2 Å². The quantitative estimate of drug-likeness (QED) is 0.535. The number of aromatic amines is 2. The van der Waals surface area contributed by atoms with E-state index in [1.165, 1.54) is 7.11 Å². The minimum absolute atomic E-state index is 0.242. The van der Waals surface area contributed by atoms with Gasteiger partial charge in [0.2, 0.25) is 0 Å². The third-order valence-corrected chi connectivity index (χ3v) is 4.00. The van der Waals surface area contributed by atoms with Crippen molar-refractivity contribution in [3.63, 3.8) is 0 Å². The molecule has 0 spiro atoms. The lowest BCUT2D eigenvalue weighted by atomic mass is 9.92. The SMILES string of the molecule is COC(=O)c1ccc(C(c2ccc(C=O)[nH]2)c2ccc(C=O)[nH]2)cc1. The Labute approximate surface area is 143 Å². The summed E-state index contributed by atoms with van der Waals surface area (Å²) in [6.45, 7) is 0. The highest BCUT2D eigenvalue weighted by molar-refractivity contribution is 5.89. The van der Waals surface area contributed by atoms with Crippen LogP contribution in [-0.4, -0.2) is 35.6 Å². The molecule has 0 aliphatic heterocycles. The van der Waals surface area contributed by atoms with Crippen LogP contribution >= 0.6 is 0 Å². The lowest BCUT2D eigenvalue weighted by molar-refractivity contribution is 0.0600. The zero-order valence-corrected chi connectivity index (χ0v) is 13.5. The molecule has 3 aromatic rings. The Balaban J connectivity index is 2.05. The van der Waals surface area contributed by atoms with E-state index in [0.717, 1.165) is 29.5 Å². The van der Waals surface area contributed by atoms with Gasteiger partial charge in [0.05, 0.1) is 30.0 Å². The van der Waals surface area contributed by atoms with Crippen molar-refractivity contribution in [2.24, 2.45) is 0 Å². The van der Waals surface area contributed by atoms with E-state index in [1.807, 2.05) is 24.3 Å². The molecule has 0 bridgehead atoms. The Bertz CT molecular complexity index is 859. The number of carbonyl (C=O) groups excluding carboxylic acids is 3. The Morgan fingerprint density at radius 2 is 1.40 bits per heavy atom. The Hall–Kier alpha value is -3.41. The highest BCUT2D eigenvalue weighted by atomic mass is 16.5. The average Bonchev–Trinajstić information content (AvgIpc) is 3.31. The van der Waals surface area contributed by atoms with Crippen molar-refractivity contribution < 1.29 is 19.1 Å². The van der Waals surface area contributed by atoms with Crippen LogP contribution in [0.15, 0.2) is 48.5 Å². The molecule has 2 heterocycles. The first-order valence-corrected chi connectivity index (χ1v) is 7.62. The number of aromatic nitrogens is 2. The number of rotatable bonds is 6. The molecule has 0 amide bonds. The van der Waals surface area contributed by atoms with E-state index in [4.69, 9.17) is 4.74 Å². The molecule has 0 aliphatic rings. The van der Waals surface area contributed by atoms with E-state index in [1.54, 1.807) is 24.3 Å². The molecule has 0 saturated heterocycles. The summed E-state index contributed by atoms with van der Waals surface area (Å²) in [5, 5.41) is 0. The van der Waals surface area contributed by atoms with E-state index >= 15 is 0 Å². The van der Waals surface area contributed by atoms with Gasteiger partial charge in [0.25, 0.3) is 0 Å². The second-order valence-corrected chi connectivity index (χ2v) is 5.52. The average molecular weight is 336 g/mol. The molecule has 1 aromatic carbocycles. The van der Waals surface area contributed by atoms with Gasteiger partial charge in [-0.2, -0.15) is 0 Å². The molecule has 2 N–H and O–H groups in total. The number of carbonyl (C=O) groups is 3. The van der Waals surface area contributed by atoms with Crippen molar-refractivity contribution in [1.82, 2.24) is 9.97 Å². The third-order valence-electron chi connectivity index (χ3n) is 4.00. The Morgan fingerprint density at radius 3 is 1.80 bits per heavy atom. The van der Waals surface area contributed by atoms with Crippen LogP contribution in [0, 0.1) is 0 Å². The number of benzene rings is 1. The Morgan fingerprint density at radius 1 is 0.880 bits per heavy atom. The first-order chi connectivity index (χ1) is 12.2. The first kappa shape index (κ1) is 16.4. The van der Waals surface area contributed by atoms with Crippen LogP contribution in [0.4, 0.5) is 0 Å². The maximum absolute atomic E-state index is 11.6. The fourth-order valence-corrected chi connectivity index (χ4v) is 2.79. The smallest absolute Gasteiger partial charge is 0.337 e. The fourth-order valence-electron chi connectivity index (χ4n) is 2.79. The second-order valence-electron chi connectivity index (χ2n) is 5.52. The van der Waals surface area contributed by atoms with Crippen molar-refractivity contribution in [3.05, 3.63) is 82.4 Å². The number of aldehydes is 2. The van der Waals surface area contributed by atoms with Crippen LogP contribution in [-0.2, 0) is 4.74 Å². The van der Waals surface area contributed by atoms with Crippen molar-refractivity contribution in [1.29, 1.82) is 0 Å². The van der Waals surface area contributed by atoms with Gasteiger partial charge in [-0.1, -0.05) is 12.1 Å². The van der Waals surface area contributed by atoms with Gasteiger partial charge in [-0.05, 0) is 42.0 Å². The first-order valence-electron chi connectivity index (χ1n) is 7.62. The molecule has 25 heavy (non-hydrogen) atoms. The molecule has 0 unspecified atom stereocenters. The molecule has 0 atom stereocenters. The number of H-pyrrole nitrogens is 2. The van der Waals surface area contributed by atoms with Crippen LogP contribution in [0.5, 0.6) is 0 Å². The summed E-state index contributed by atoms with van der Waals surface area (Å²) in [4.78, 5) is 39.7. The van der Waals surface area contributed by atoms with Gasteiger partial charge < -0.3 is 14.7 Å². The lowest BCUT2D eigenvalue weighted by Gasteiger charge is -2.16. The fraction of sp³-hybridized carbons (Fsp3) is 0.105. The molecule has 0 saturated carbocycles. The predicted octanol–water partition coefficient (Wildman–Crippen LogP) is 2.93. The van der Waals surface area contributed by atoms with E-state index in [0.29, 0.717) is 17.0 Å². The number of methoxy groups -OCH3 is 1. The van der Waals surface area contributed by atoms with Gasteiger partial charge in [0, 0.05) is 11.4 Å². The lowest BCUT2D eigenvalue weighted by Crippen LogP contribution is -2.06. The molecule has 0 radical (unpaired) electrons. The van der Waals surface area contributed by atoms with E-state index in [-0.39, 0.29) is 5.92 Å². The largest absolute Gasteiger partial charge is 0.465 e. The van der Waals surface area contributed by atoms with Crippen molar-refractivity contribution in [2.45, 2.75) is 5.92 Å². The van der Waals surface area contributed by atoms with Gasteiger partial charge in [-0.3, -0.25) is 9.59 Å². The second kappa shape index (κ2) is 7.00. The summed E-state index contributed by atoms with van der Waals surface area (Å²) in [5.74, 6) is -0.650. The monoisotopic (exact) mass is 336 g/mol. The highest BCUT2D eigenvalue weighted by Crippen LogP contribution is 2.31. The zero-order valence-electron chi connectivity index (χ0n) is 13.5. The molecule has 126 valence electrons. The van der Waals surface area contributed by atoms with E-state index in [9.17, 15) is 14.4 Å². The van der Waals surface area contributed by atoms with Crippen molar-refractivity contribution >= 4 is 18.5 Å². The normalized spacial score (nSPS) is 10.6. The predicted molar refractivity (Wildman–Crippen MR) is 91.1 cm³/mol. The minimum Gasteiger partial charge on any atom is -0.465 e. The Kier molecular flexibility index (Phi) is 4.61. The molecule has 6 heteroatoms. The number of hydrogen-bond donors (Lipinski definition) is 2. The molecule has 0 aliphatic carbocycles. The minimum atomic E-state index is -0.408. The van der Waals surface area contributed by atoms with Crippen LogP contribution in [0.3, 0.4) is 0 Å². The molecule has 3 rings (SSSR count). The molecule has 2 aromatic heterocycles. The number of ether oxygens (including phenoxy) is 1. The number of esters is 1. The number of nitrogens with one attached hydrogen (secondary N) is 2. The van der Waals surface area contributed by atoms with Gasteiger partial charge in [-0.25, -0.2) is 4.79 Å². The van der Waals surface area contributed by atoms with E-state index < -0.39 is 5.97 Å². The summed E-state index contributed by atoms with van der Waals surface area (Å²) >= 11 is 0. The molecule has 6 nitrogen and oxygen atoms in total. The molecule has 0 fully saturated rings.